The molecular formula is C18H27N3O3. The van der Waals surface area contributed by atoms with E-state index in [1.165, 1.54) is 0 Å². The van der Waals surface area contributed by atoms with Crippen LogP contribution in [0.25, 0.3) is 0 Å². The molecule has 1 aliphatic rings. The summed E-state index contributed by atoms with van der Waals surface area (Å²) in [5.74, 6) is 0.666. The van der Waals surface area contributed by atoms with Gasteiger partial charge < -0.3 is 20.3 Å². The molecule has 0 unspecified atom stereocenters. The molecule has 132 valence electrons. The number of methoxy groups -OCH3 is 1. The average molecular weight is 333 g/mol. The van der Waals surface area contributed by atoms with E-state index in [0.717, 1.165) is 31.6 Å². The third-order valence-corrected chi connectivity index (χ3v) is 4.30. The number of rotatable bonds is 7. The molecule has 2 N–H and O–H groups in total. The van der Waals surface area contributed by atoms with Crippen LogP contribution in [0.1, 0.15) is 30.1 Å². The number of carbonyl (C=O) groups is 2. The van der Waals surface area contributed by atoms with Gasteiger partial charge in [-0.25, -0.2) is 0 Å². The Morgan fingerprint density at radius 3 is 2.75 bits per heavy atom. The monoisotopic (exact) mass is 333 g/mol. The zero-order chi connectivity index (χ0) is 17.4. The number of ether oxygens (including phenoxy) is 1. The lowest BCUT2D eigenvalue weighted by atomic mass is 9.99. The fraction of sp³-hybridized carbons (Fsp3) is 0.556. The van der Waals surface area contributed by atoms with Crippen molar-refractivity contribution in [2.24, 2.45) is 5.92 Å². The SMILES string of the molecule is COCCNC(=O)c1cccc(NCC(=O)N2CCC(C)CC2)c1. The largest absolute Gasteiger partial charge is 0.383 e. The molecule has 6 nitrogen and oxygen atoms in total. The van der Waals surface area contributed by atoms with Crippen molar-refractivity contribution in [1.82, 2.24) is 10.2 Å². The van der Waals surface area contributed by atoms with Crippen molar-refractivity contribution in [1.29, 1.82) is 0 Å². The molecule has 0 atom stereocenters. The minimum atomic E-state index is -0.146. The van der Waals surface area contributed by atoms with Crippen molar-refractivity contribution in [3.05, 3.63) is 29.8 Å². The summed E-state index contributed by atoms with van der Waals surface area (Å²) < 4.78 is 4.91. The van der Waals surface area contributed by atoms with Gasteiger partial charge in [-0.2, -0.15) is 0 Å². The van der Waals surface area contributed by atoms with Crippen molar-refractivity contribution < 1.29 is 14.3 Å². The van der Waals surface area contributed by atoms with E-state index in [-0.39, 0.29) is 18.4 Å². The fourth-order valence-corrected chi connectivity index (χ4v) is 2.69. The Balaban J connectivity index is 1.83. The highest BCUT2D eigenvalue weighted by atomic mass is 16.5. The van der Waals surface area contributed by atoms with Crippen LogP contribution in [-0.2, 0) is 9.53 Å². The topological polar surface area (TPSA) is 70.7 Å². The van der Waals surface area contributed by atoms with Crippen LogP contribution in [0, 0.1) is 5.92 Å². The van der Waals surface area contributed by atoms with Crippen LogP contribution in [0.3, 0.4) is 0 Å². The number of carbonyl (C=O) groups excluding carboxylic acids is 2. The average Bonchev–Trinajstić information content (AvgIpc) is 2.60. The lowest BCUT2D eigenvalue weighted by Crippen LogP contribution is -2.40. The zero-order valence-corrected chi connectivity index (χ0v) is 14.5. The molecule has 0 radical (unpaired) electrons. The van der Waals surface area contributed by atoms with E-state index >= 15 is 0 Å². The molecule has 24 heavy (non-hydrogen) atoms. The second-order valence-electron chi connectivity index (χ2n) is 6.25. The number of likely N-dealkylation sites (tertiary alicyclic amines) is 1. The summed E-state index contributed by atoms with van der Waals surface area (Å²) in [4.78, 5) is 26.2. The van der Waals surface area contributed by atoms with Gasteiger partial charge in [0.1, 0.15) is 0 Å². The first kappa shape index (κ1) is 18.3. The van der Waals surface area contributed by atoms with Gasteiger partial charge in [0.2, 0.25) is 5.91 Å². The molecule has 1 fully saturated rings. The summed E-state index contributed by atoms with van der Waals surface area (Å²) in [5, 5.41) is 5.90. The second-order valence-corrected chi connectivity index (χ2v) is 6.25. The molecule has 1 saturated heterocycles. The highest BCUT2D eigenvalue weighted by molar-refractivity contribution is 5.95. The normalized spacial score (nSPS) is 15.2. The summed E-state index contributed by atoms with van der Waals surface area (Å²) in [6.45, 7) is 5.10. The third kappa shape index (κ3) is 5.53. The van der Waals surface area contributed by atoms with Crippen LogP contribution >= 0.6 is 0 Å². The molecule has 0 aliphatic carbocycles. The number of nitrogens with zero attached hydrogens (tertiary/aromatic N) is 1. The number of amides is 2. The Morgan fingerprint density at radius 1 is 1.29 bits per heavy atom. The van der Waals surface area contributed by atoms with E-state index in [1.54, 1.807) is 25.3 Å². The zero-order valence-electron chi connectivity index (χ0n) is 14.5. The molecule has 0 saturated carbocycles. The Labute approximate surface area is 143 Å². The van der Waals surface area contributed by atoms with Gasteiger partial charge >= 0.3 is 0 Å². The lowest BCUT2D eigenvalue weighted by Gasteiger charge is -2.30. The molecule has 1 aromatic rings. The first-order valence-electron chi connectivity index (χ1n) is 8.49. The van der Waals surface area contributed by atoms with E-state index in [4.69, 9.17) is 4.74 Å². The second kappa shape index (κ2) is 9.27. The Kier molecular flexibility index (Phi) is 7.06. The molecule has 6 heteroatoms. The first-order valence-corrected chi connectivity index (χ1v) is 8.49. The number of piperidine rings is 1. The minimum absolute atomic E-state index is 0.108. The molecule has 1 aromatic carbocycles. The minimum Gasteiger partial charge on any atom is -0.383 e. The van der Waals surface area contributed by atoms with E-state index in [9.17, 15) is 9.59 Å². The molecule has 2 rings (SSSR count). The molecule has 0 spiro atoms. The summed E-state index contributed by atoms with van der Waals surface area (Å²) >= 11 is 0. The van der Waals surface area contributed by atoms with Crippen LogP contribution in [-0.4, -0.2) is 56.6 Å². The van der Waals surface area contributed by atoms with Crippen molar-refractivity contribution in [2.45, 2.75) is 19.8 Å². The summed E-state index contributed by atoms with van der Waals surface area (Å²) in [7, 11) is 1.59. The van der Waals surface area contributed by atoms with E-state index < -0.39 is 0 Å². The maximum absolute atomic E-state index is 12.2. The summed E-state index contributed by atoms with van der Waals surface area (Å²) in [6, 6.07) is 7.17. The number of hydrogen-bond donors (Lipinski definition) is 2. The Bertz CT molecular complexity index is 554. The van der Waals surface area contributed by atoms with Gasteiger partial charge in [-0.1, -0.05) is 13.0 Å². The number of anilines is 1. The number of benzene rings is 1. The van der Waals surface area contributed by atoms with Gasteiger partial charge in [0.05, 0.1) is 13.2 Å². The highest BCUT2D eigenvalue weighted by Gasteiger charge is 2.19. The van der Waals surface area contributed by atoms with Gasteiger partial charge in [-0.3, -0.25) is 9.59 Å². The summed E-state index contributed by atoms with van der Waals surface area (Å²) in [5.41, 5.74) is 1.34. The lowest BCUT2D eigenvalue weighted by molar-refractivity contribution is -0.130. The quantitative estimate of drug-likeness (QED) is 0.746. The van der Waals surface area contributed by atoms with Gasteiger partial charge in [0, 0.05) is 38.0 Å². The maximum atomic E-state index is 12.2. The van der Waals surface area contributed by atoms with Gasteiger partial charge in [0.15, 0.2) is 0 Å². The Hall–Kier alpha value is -2.08. The van der Waals surface area contributed by atoms with Crippen molar-refractivity contribution in [3.63, 3.8) is 0 Å². The molecule has 1 heterocycles. The van der Waals surface area contributed by atoms with Crippen LogP contribution in [0.2, 0.25) is 0 Å². The highest BCUT2D eigenvalue weighted by Crippen LogP contribution is 2.16. The predicted octanol–water partition coefficient (Wildman–Crippen LogP) is 1.73. The van der Waals surface area contributed by atoms with Crippen molar-refractivity contribution >= 4 is 17.5 Å². The van der Waals surface area contributed by atoms with Gasteiger partial charge in [0.25, 0.3) is 5.91 Å². The molecule has 1 aliphatic heterocycles. The molecule has 0 aromatic heterocycles. The first-order chi connectivity index (χ1) is 11.6. The van der Waals surface area contributed by atoms with Crippen LogP contribution < -0.4 is 10.6 Å². The van der Waals surface area contributed by atoms with Crippen molar-refractivity contribution in [2.75, 3.05) is 45.2 Å². The van der Waals surface area contributed by atoms with E-state index in [0.29, 0.717) is 24.6 Å². The van der Waals surface area contributed by atoms with Crippen LogP contribution in [0.5, 0.6) is 0 Å². The number of nitrogens with one attached hydrogen (secondary N) is 2. The molecule has 0 bridgehead atoms. The third-order valence-electron chi connectivity index (χ3n) is 4.30. The number of hydrogen-bond acceptors (Lipinski definition) is 4. The molecule has 2 amide bonds. The predicted molar refractivity (Wildman–Crippen MR) is 94.1 cm³/mol. The fourth-order valence-electron chi connectivity index (χ4n) is 2.69. The standard InChI is InChI=1S/C18H27N3O3/c1-14-6-9-21(10-7-14)17(22)13-20-16-5-3-4-15(12-16)18(23)19-8-11-24-2/h3-5,12,14,20H,6-11,13H2,1-2H3,(H,19,23). The molecular weight excluding hydrogens is 306 g/mol. The van der Waals surface area contributed by atoms with Gasteiger partial charge in [-0.05, 0) is 37.0 Å². The maximum Gasteiger partial charge on any atom is 0.251 e. The van der Waals surface area contributed by atoms with Crippen molar-refractivity contribution in [3.8, 4) is 0 Å². The van der Waals surface area contributed by atoms with Gasteiger partial charge in [-0.15, -0.1) is 0 Å². The van der Waals surface area contributed by atoms with Crippen LogP contribution in [0.15, 0.2) is 24.3 Å². The van der Waals surface area contributed by atoms with E-state index in [1.807, 2.05) is 11.0 Å². The van der Waals surface area contributed by atoms with Crippen LogP contribution in [0.4, 0.5) is 5.69 Å². The van der Waals surface area contributed by atoms with E-state index in [2.05, 4.69) is 17.6 Å². The smallest absolute Gasteiger partial charge is 0.251 e. The summed E-state index contributed by atoms with van der Waals surface area (Å²) in [6.07, 6.45) is 2.14. The Morgan fingerprint density at radius 2 is 2.04 bits per heavy atom.